The maximum Gasteiger partial charge on any atom is 0.191 e. The molecule has 19 heavy (non-hydrogen) atoms. The van der Waals surface area contributed by atoms with Gasteiger partial charge in [-0.3, -0.25) is 0 Å². The van der Waals surface area contributed by atoms with E-state index in [0.29, 0.717) is 29.9 Å². The van der Waals surface area contributed by atoms with Gasteiger partial charge in [-0.05, 0) is 13.0 Å². The number of rotatable bonds is 6. The van der Waals surface area contributed by atoms with Crippen LogP contribution in [0, 0.1) is 0 Å². The molecule has 0 saturated carbocycles. The highest BCUT2D eigenvalue weighted by Gasteiger charge is 2.08. The molecule has 0 amide bonds. The third-order valence-electron chi connectivity index (χ3n) is 2.56. The molecule has 0 aliphatic rings. The van der Waals surface area contributed by atoms with E-state index < -0.39 is 0 Å². The van der Waals surface area contributed by atoms with Crippen molar-refractivity contribution < 1.29 is 4.74 Å². The summed E-state index contributed by atoms with van der Waals surface area (Å²) in [5.41, 5.74) is 0.957. The molecule has 2 N–H and O–H groups in total. The van der Waals surface area contributed by atoms with Crippen molar-refractivity contribution in [3.63, 3.8) is 0 Å². The molecule has 0 spiro atoms. The number of aliphatic imine (C=N–C) groups is 1. The molecular formula is C12H20Cl2N4O. The fourth-order valence-corrected chi connectivity index (χ4v) is 1.93. The van der Waals surface area contributed by atoms with E-state index in [1.165, 1.54) is 0 Å². The van der Waals surface area contributed by atoms with Crippen molar-refractivity contribution in [3.05, 3.63) is 21.9 Å². The molecule has 0 aliphatic heterocycles. The predicted molar refractivity (Wildman–Crippen MR) is 80.1 cm³/mol. The maximum atomic E-state index is 6.01. The van der Waals surface area contributed by atoms with Crippen LogP contribution in [0.3, 0.4) is 0 Å². The van der Waals surface area contributed by atoms with Crippen molar-refractivity contribution in [3.8, 4) is 0 Å². The Balaban J connectivity index is 2.65. The first-order valence-corrected chi connectivity index (χ1v) is 6.86. The molecule has 1 aromatic heterocycles. The van der Waals surface area contributed by atoms with E-state index in [-0.39, 0.29) is 0 Å². The number of hydrogen-bond donors (Lipinski definition) is 2. The summed E-state index contributed by atoms with van der Waals surface area (Å²) in [7, 11) is 3.53. The minimum absolute atomic E-state index is 0.505. The molecule has 0 aromatic carbocycles. The summed E-state index contributed by atoms with van der Waals surface area (Å²) in [6.45, 7) is 4.66. The fraction of sp³-hybridized carbons (Fsp3) is 0.583. The zero-order valence-electron chi connectivity index (χ0n) is 11.5. The molecule has 1 aromatic rings. The van der Waals surface area contributed by atoms with Gasteiger partial charge in [-0.2, -0.15) is 0 Å². The van der Waals surface area contributed by atoms with Crippen LogP contribution in [0.1, 0.15) is 12.6 Å². The molecule has 0 unspecified atom stereocenters. The summed E-state index contributed by atoms with van der Waals surface area (Å²) in [5.74, 6) is 0.744. The molecule has 1 rings (SSSR count). The van der Waals surface area contributed by atoms with Crippen LogP contribution in [-0.4, -0.2) is 37.3 Å². The second-order valence-corrected chi connectivity index (χ2v) is 4.71. The van der Waals surface area contributed by atoms with Crippen molar-refractivity contribution in [1.29, 1.82) is 0 Å². The van der Waals surface area contributed by atoms with Crippen LogP contribution < -0.4 is 10.6 Å². The Kier molecular flexibility index (Phi) is 7.05. The van der Waals surface area contributed by atoms with Crippen molar-refractivity contribution in [2.45, 2.75) is 13.5 Å². The molecule has 7 heteroatoms. The molecule has 0 atom stereocenters. The highest BCUT2D eigenvalue weighted by atomic mass is 35.5. The third-order valence-corrected chi connectivity index (χ3v) is 3.40. The highest BCUT2D eigenvalue weighted by molar-refractivity contribution is 6.41. The van der Waals surface area contributed by atoms with Crippen LogP contribution >= 0.6 is 23.2 Å². The van der Waals surface area contributed by atoms with E-state index in [2.05, 4.69) is 15.6 Å². The first kappa shape index (κ1) is 16.1. The standard InChI is InChI=1S/C12H20Cl2N4O/c1-4-15-12(16-5-6-19-3)17-8-9-7-10(13)11(14)18(9)2/h7H,4-6,8H2,1-3H3,(H2,15,16,17). The van der Waals surface area contributed by atoms with Gasteiger partial charge in [0, 0.05) is 32.9 Å². The fourth-order valence-electron chi connectivity index (χ4n) is 1.51. The van der Waals surface area contributed by atoms with Gasteiger partial charge in [-0.25, -0.2) is 4.99 Å². The SMILES string of the molecule is CCNC(=NCc1cc(Cl)c(Cl)n1C)NCCOC. The van der Waals surface area contributed by atoms with E-state index in [9.17, 15) is 0 Å². The van der Waals surface area contributed by atoms with Crippen molar-refractivity contribution >= 4 is 29.2 Å². The van der Waals surface area contributed by atoms with Crippen LogP contribution in [0.2, 0.25) is 10.2 Å². The van der Waals surface area contributed by atoms with Gasteiger partial charge >= 0.3 is 0 Å². The van der Waals surface area contributed by atoms with E-state index in [4.69, 9.17) is 27.9 Å². The lowest BCUT2D eigenvalue weighted by Crippen LogP contribution is -2.38. The molecule has 0 fully saturated rings. The number of ether oxygens (including phenoxy) is 1. The van der Waals surface area contributed by atoms with Gasteiger partial charge in [0.1, 0.15) is 5.15 Å². The van der Waals surface area contributed by atoms with Crippen LogP contribution in [0.4, 0.5) is 0 Å². The Morgan fingerprint density at radius 2 is 2.16 bits per heavy atom. The highest BCUT2D eigenvalue weighted by Crippen LogP contribution is 2.25. The van der Waals surface area contributed by atoms with Gasteiger partial charge in [0.2, 0.25) is 0 Å². The number of nitrogens with zero attached hydrogens (tertiary/aromatic N) is 2. The van der Waals surface area contributed by atoms with E-state index in [0.717, 1.165) is 18.2 Å². The number of methoxy groups -OCH3 is 1. The topological polar surface area (TPSA) is 50.6 Å². The van der Waals surface area contributed by atoms with Crippen LogP contribution in [0.25, 0.3) is 0 Å². The number of nitrogens with one attached hydrogen (secondary N) is 2. The van der Waals surface area contributed by atoms with Gasteiger partial charge in [-0.15, -0.1) is 0 Å². The van der Waals surface area contributed by atoms with Gasteiger partial charge in [0.15, 0.2) is 5.96 Å². The summed E-state index contributed by atoms with van der Waals surface area (Å²) >= 11 is 12.0. The Hall–Kier alpha value is -0.910. The number of hydrogen-bond acceptors (Lipinski definition) is 2. The second-order valence-electron chi connectivity index (χ2n) is 3.95. The Morgan fingerprint density at radius 1 is 1.42 bits per heavy atom. The van der Waals surface area contributed by atoms with Gasteiger partial charge in [-0.1, -0.05) is 23.2 Å². The second kappa shape index (κ2) is 8.30. The quantitative estimate of drug-likeness (QED) is 0.480. The van der Waals surface area contributed by atoms with Gasteiger partial charge in [0.25, 0.3) is 0 Å². The molecule has 0 bridgehead atoms. The lowest BCUT2D eigenvalue weighted by atomic mass is 10.4. The molecular weight excluding hydrogens is 287 g/mol. The van der Waals surface area contributed by atoms with Crippen molar-refractivity contribution in [2.24, 2.45) is 12.0 Å². The van der Waals surface area contributed by atoms with E-state index in [1.54, 1.807) is 7.11 Å². The van der Waals surface area contributed by atoms with E-state index in [1.807, 2.05) is 24.6 Å². The Bertz CT molecular complexity index is 432. The largest absolute Gasteiger partial charge is 0.383 e. The molecule has 1 heterocycles. The molecule has 5 nitrogen and oxygen atoms in total. The summed E-state index contributed by atoms with van der Waals surface area (Å²) in [6, 6.07) is 1.83. The van der Waals surface area contributed by atoms with Crippen LogP contribution in [-0.2, 0) is 18.3 Å². The average Bonchev–Trinajstić information content (AvgIpc) is 2.64. The van der Waals surface area contributed by atoms with E-state index >= 15 is 0 Å². The lowest BCUT2D eigenvalue weighted by molar-refractivity contribution is 0.203. The molecule has 0 saturated heterocycles. The normalized spacial score (nSPS) is 11.7. The average molecular weight is 307 g/mol. The minimum Gasteiger partial charge on any atom is -0.383 e. The van der Waals surface area contributed by atoms with Crippen LogP contribution in [0.15, 0.2) is 11.1 Å². The summed E-state index contributed by atoms with van der Waals surface area (Å²) in [6.07, 6.45) is 0. The first-order valence-electron chi connectivity index (χ1n) is 6.10. The van der Waals surface area contributed by atoms with Crippen LogP contribution in [0.5, 0.6) is 0 Å². The predicted octanol–water partition coefficient (Wildman–Crippen LogP) is 2.03. The molecule has 0 radical (unpaired) electrons. The smallest absolute Gasteiger partial charge is 0.191 e. The van der Waals surface area contributed by atoms with Gasteiger partial charge in [0.05, 0.1) is 18.2 Å². The Labute approximate surface area is 123 Å². The van der Waals surface area contributed by atoms with Gasteiger partial charge < -0.3 is 19.9 Å². The first-order chi connectivity index (χ1) is 9.10. The number of halogens is 2. The Morgan fingerprint density at radius 3 is 2.68 bits per heavy atom. The third kappa shape index (κ3) is 4.93. The molecule has 0 aliphatic carbocycles. The lowest BCUT2D eigenvalue weighted by Gasteiger charge is -2.10. The summed E-state index contributed by atoms with van der Waals surface area (Å²) < 4.78 is 6.81. The summed E-state index contributed by atoms with van der Waals surface area (Å²) in [5, 5.41) is 7.41. The number of aromatic nitrogens is 1. The number of guanidine groups is 1. The molecule has 108 valence electrons. The van der Waals surface area contributed by atoms with Crippen molar-refractivity contribution in [2.75, 3.05) is 26.8 Å². The zero-order valence-corrected chi connectivity index (χ0v) is 13.0. The zero-order chi connectivity index (χ0) is 14.3. The minimum atomic E-state index is 0.505. The monoisotopic (exact) mass is 306 g/mol. The maximum absolute atomic E-state index is 6.01. The van der Waals surface area contributed by atoms with Crippen molar-refractivity contribution in [1.82, 2.24) is 15.2 Å². The summed E-state index contributed by atoms with van der Waals surface area (Å²) in [4.78, 5) is 4.47.